The molecule has 0 radical (unpaired) electrons. The maximum Gasteiger partial charge on any atom is 0.237 e. The minimum Gasteiger partial charge on any atom is -0.356 e. The van der Waals surface area contributed by atoms with Crippen LogP contribution in [0.3, 0.4) is 0 Å². The van der Waals surface area contributed by atoms with Crippen molar-refractivity contribution < 1.29 is 9.59 Å². The molecule has 1 heterocycles. The maximum absolute atomic E-state index is 12.3. The molecule has 2 N–H and O–H groups in total. The molecule has 1 unspecified atom stereocenters. The van der Waals surface area contributed by atoms with E-state index < -0.39 is 0 Å². The van der Waals surface area contributed by atoms with Crippen LogP contribution in [0.5, 0.6) is 0 Å². The number of nitrogens with zero attached hydrogens (tertiary/aromatic N) is 1. The Morgan fingerprint density at radius 2 is 2.04 bits per heavy atom. The number of nitrogens with one attached hydrogen (secondary N) is 2. The third-order valence-electron chi connectivity index (χ3n) is 5.22. The van der Waals surface area contributed by atoms with E-state index in [2.05, 4.69) is 15.5 Å². The van der Waals surface area contributed by atoms with Crippen LogP contribution in [0.25, 0.3) is 0 Å². The summed E-state index contributed by atoms with van der Waals surface area (Å²) in [6, 6.07) is 7.76. The lowest BCUT2D eigenvalue weighted by Gasteiger charge is -2.38. The van der Waals surface area contributed by atoms with E-state index in [0.29, 0.717) is 25.6 Å². The molecule has 1 saturated carbocycles. The molecule has 1 atom stereocenters. The molecule has 1 aromatic carbocycles. The molecule has 1 aliphatic heterocycles. The minimum absolute atomic E-state index is 0.0144. The second-order valence-corrected chi connectivity index (χ2v) is 7.29. The monoisotopic (exact) mass is 363 g/mol. The van der Waals surface area contributed by atoms with E-state index in [0.717, 1.165) is 30.0 Å². The SMILES string of the molecule is O=C(CC1C(=O)NCCN1C1CCCC1)NCCc1ccccc1Cl. The molecule has 3 rings (SSSR count). The van der Waals surface area contributed by atoms with Crippen molar-refractivity contribution in [3.63, 3.8) is 0 Å². The fourth-order valence-electron chi connectivity index (χ4n) is 3.90. The number of rotatable bonds is 6. The molecule has 0 aromatic heterocycles. The van der Waals surface area contributed by atoms with Crippen molar-refractivity contribution in [2.45, 2.75) is 50.6 Å². The molecule has 2 amide bonds. The van der Waals surface area contributed by atoms with E-state index in [1.165, 1.54) is 12.8 Å². The molecule has 5 nitrogen and oxygen atoms in total. The molecule has 0 spiro atoms. The summed E-state index contributed by atoms with van der Waals surface area (Å²) < 4.78 is 0. The van der Waals surface area contributed by atoms with Gasteiger partial charge in [0.1, 0.15) is 0 Å². The van der Waals surface area contributed by atoms with Gasteiger partial charge >= 0.3 is 0 Å². The van der Waals surface area contributed by atoms with Gasteiger partial charge in [-0.3, -0.25) is 14.5 Å². The van der Waals surface area contributed by atoms with Gasteiger partial charge in [-0.05, 0) is 30.9 Å². The average molecular weight is 364 g/mol. The first-order chi connectivity index (χ1) is 12.1. The fraction of sp³-hybridized carbons (Fsp3) is 0.579. The van der Waals surface area contributed by atoms with Crippen LogP contribution >= 0.6 is 11.6 Å². The van der Waals surface area contributed by atoms with Crippen LogP contribution < -0.4 is 10.6 Å². The van der Waals surface area contributed by atoms with Gasteiger partial charge in [-0.15, -0.1) is 0 Å². The fourth-order valence-corrected chi connectivity index (χ4v) is 4.13. The number of hydrogen-bond donors (Lipinski definition) is 2. The molecule has 136 valence electrons. The van der Waals surface area contributed by atoms with Crippen LogP contribution in [0.1, 0.15) is 37.7 Å². The minimum atomic E-state index is -0.336. The van der Waals surface area contributed by atoms with Crippen molar-refractivity contribution in [1.29, 1.82) is 0 Å². The standard InChI is InChI=1S/C19H26ClN3O2/c20-16-8-4-1-5-14(16)9-10-21-18(24)13-17-19(25)22-11-12-23(17)15-6-2-3-7-15/h1,4-5,8,15,17H,2-3,6-7,9-13H2,(H,21,24)(H,22,25). The number of carbonyl (C=O) groups is 2. The molecule has 6 heteroatoms. The summed E-state index contributed by atoms with van der Waals surface area (Å²) in [6.45, 7) is 2.05. The Labute approximate surface area is 154 Å². The van der Waals surface area contributed by atoms with Gasteiger partial charge in [0.05, 0.1) is 12.5 Å². The third-order valence-corrected chi connectivity index (χ3v) is 5.59. The summed E-state index contributed by atoms with van der Waals surface area (Å²) in [5, 5.41) is 6.55. The van der Waals surface area contributed by atoms with Gasteiger partial charge in [0.15, 0.2) is 0 Å². The normalized spacial score (nSPS) is 22.0. The summed E-state index contributed by atoms with van der Waals surface area (Å²) in [5.74, 6) is -0.0866. The predicted molar refractivity (Wildman–Crippen MR) is 98.5 cm³/mol. The van der Waals surface area contributed by atoms with Crippen LogP contribution in [0, 0.1) is 0 Å². The zero-order valence-corrected chi connectivity index (χ0v) is 15.2. The zero-order chi connectivity index (χ0) is 17.6. The topological polar surface area (TPSA) is 61.4 Å². The molecule has 1 aromatic rings. The Balaban J connectivity index is 1.51. The van der Waals surface area contributed by atoms with Gasteiger partial charge in [0.25, 0.3) is 0 Å². The number of carbonyl (C=O) groups excluding carboxylic acids is 2. The summed E-state index contributed by atoms with van der Waals surface area (Å²) in [6.07, 6.45) is 5.63. The Morgan fingerprint density at radius 1 is 1.28 bits per heavy atom. The number of benzene rings is 1. The van der Waals surface area contributed by atoms with E-state index >= 15 is 0 Å². The first-order valence-electron chi connectivity index (χ1n) is 9.18. The van der Waals surface area contributed by atoms with Crippen molar-refractivity contribution in [3.8, 4) is 0 Å². The first-order valence-corrected chi connectivity index (χ1v) is 9.56. The molecular weight excluding hydrogens is 338 g/mol. The van der Waals surface area contributed by atoms with E-state index in [1.54, 1.807) is 0 Å². The first kappa shape index (κ1) is 18.2. The van der Waals surface area contributed by atoms with Gasteiger partial charge in [0, 0.05) is 30.7 Å². The predicted octanol–water partition coefficient (Wildman–Crippen LogP) is 2.13. The number of piperazine rings is 1. The van der Waals surface area contributed by atoms with Crippen LogP contribution in [-0.2, 0) is 16.0 Å². The maximum atomic E-state index is 12.3. The quantitative estimate of drug-likeness (QED) is 0.814. The van der Waals surface area contributed by atoms with Crippen molar-refractivity contribution in [2.75, 3.05) is 19.6 Å². The van der Waals surface area contributed by atoms with E-state index in [1.807, 2.05) is 24.3 Å². The third kappa shape index (κ3) is 4.73. The van der Waals surface area contributed by atoms with Gasteiger partial charge in [-0.25, -0.2) is 0 Å². The van der Waals surface area contributed by atoms with Crippen molar-refractivity contribution in [1.82, 2.24) is 15.5 Å². The van der Waals surface area contributed by atoms with E-state index in [9.17, 15) is 9.59 Å². The lowest BCUT2D eigenvalue weighted by molar-refractivity contribution is -0.135. The summed E-state index contributed by atoms with van der Waals surface area (Å²) in [7, 11) is 0. The molecular formula is C19H26ClN3O2. The summed E-state index contributed by atoms with van der Waals surface area (Å²) >= 11 is 6.13. The highest BCUT2D eigenvalue weighted by molar-refractivity contribution is 6.31. The van der Waals surface area contributed by atoms with Gasteiger partial charge < -0.3 is 10.6 Å². The molecule has 2 fully saturated rings. The Bertz CT molecular complexity index is 616. The smallest absolute Gasteiger partial charge is 0.237 e. The average Bonchev–Trinajstić information content (AvgIpc) is 3.13. The number of amides is 2. The Morgan fingerprint density at radius 3 is 2.80 bits per heavy atom. The van der Waals surface area contributed by atoms with Crippen molar-refractivity contribution in [2.24, 2.45) is 0 Å². The zero-order valence-electron chi connectivity index (χ0n) is 14.5. The van der Waals surface area contributed by atoms with E-state index in [-0.39, 0.29) is 24.3 Å². The van der Waals surface area contributed by atoms with E-state index in [4.69, 9.17) is 11.6 Å². The highest BCUT2D eigenvalue weighted by Crippen LogP contribution is 2.26. The van der Waals surface area contributed by atoms with Gasteiger partial charge in [-0.1, -0.05) is 42.6 Å². The van der Waals surface area contributed by atoms with Crippen LogP contribution in [0.15, 0.2) is 24.3 Å². The van der Waals surface area contributed by atoms with Gasteiger partial charge in [0.2, 0.25) is 11.8 Å². The summed E-state index contributed by atoms with van der Waals surface area (Å²) in [4.78, 5) is 26.9. The Kier molecular flexibility index (Phi) is 6.32. The largest absolute Gasteiger partial charge is 0.356 e. The second-order valence-electron chi connectivity index (χ2n) is 6.88. The van der Waals surface area contributed by atoms with Crippen LogP contribution in [0.4, 0.5) is 0 Å². The Hall–Kier alpha value is -1.59. The molecule has 0 bridgehead atoms. The van der Waals surface area contributed by atoms with Crippen molar-refractivity contribution >= 4 is 23.4 Å². The van der Waals surface area contributed by atoms with Crippen LogP contribution in [0.2, 0.25) is 5.02 Å². The summed E-state index contributed by atoms with van der Waals surface area (Å²) in [5.41, 5.74) is 1.02. The highest BCUT2D eigenvalue weighted by Gasteiger charge is 2.36. The highest BCUT2D eigenvalue weighted by atomic mass is 35.5. The van der Waals surface area contributed by atoms with Crippen molar-refractivity contribution in [3.05, 3.63) is 34.9 Å². The molecule has 2 aliphatic rings. The number of halogens is 1. The number of hydrogen-bond acceptors (Lipinski definition) is 3. The van der Waals surface area contributed by atoms with Crippen LogP contribution in [-0.4, -0.2) is 48.4 Å². The molecule has 1 aliphatic carbocycles. The lowest BCUT2D eigenvalue weighted by Crippen LogP contribution is -2.59. The van der Waals surface area contributed by atoms with Gasteiger partial charge in [-0.2, -0.15) is 0 Å². The molecule has 25 heavy (non-hydrogen) atoms. The second kappa shape index (κ2) is 8.68. The molecule has 1 saturated heterocycles. The lowest BCUT2D eigenvalue weighted by atomic mass is 10.0.